The normalized spacial score (nSPS) is 13.1. The minimum atomic E-state index is -0.835. The third kappa shape index (κ3) is 4.45. The number of methoxy groups -OCH3 is 1. The summed E-state index contributed by atoms with van der Waals surface area (Å²) in [4.78, 5) is 25.3. The Hall–Kier alpha value is -3.35. The molecule has 3 aromatic rings. The average Bonchev–Trinajstić information content (AvgIpc) is 3.16. The van der Waals surface area contributed by atoms with E-state index in [4.69, 9.17) is 9.15 Å². The SMILES string of the molecule is COc1cccc2cc(C(C)NC(=O)C(NC(=O)c3ccccc3F)C(C)C)oc12. The van der Waals surface area contributed by atoms with Gasteiger partial charge in [-0.1, -0.05) is 38.1 Å². The number of para-hydroxylation sites is 1. The molecule has 0 saturated carbocycles. The highest BCUT2D eigenvalue weighted by Gasteiger charge is 2.27. The lowest BCUT2D eigenvalue weighted by Gasteiger charge is -2.23. The first-order valence-corrected chi connectivity index (χ1v) is 9.74. The van der Waals surface area contributed by atoms with Crippen LogP contribution in [0.5, 0.6) is 5.75 Å². The van der Waals surface area contributed by atoms with E-state index in [0.717, 1.165) is 5.39 Å². The number of amides is 2. The van der Waals surface area contributed by atoms with Crippen molar-refractivity contribution in [3.05, 3.63) is 65.7 Å². The Morgan fingerprint density at radius 3 is 2.43 bits per heavy atom. The van der Waals surface area contributed by atoms with Crippen LogP contribution in [0.2, 0.25) is 0 Å². The molecule has 30 heavy (non-hydrogen) atoms. The van der Waals surface area contributed by atoms with E-state index < -0.39 is 23.8 Å². The van der Waals surface area contributed by atoms with Crippen LogP contribution in [0.25, 0.3) is 11.0 Å². The van der Waals surface area contributed by atoms with Crippen molar-refractivity contribution in [2.45, 2.75) is 32.9 Å². The third-order valence-corrected chi connectivity index (χ3v) is 4.89. The van der Waals surface area contributed by atoms with Gasteiger partial charge < -0.3 is 19.8 Å². The molecular formula is C23H25FN2O4. The van der Waals surface area contributed by atoms with Crippen molar-refractivity contribution in [3.63, 3.8) is 0 Å². The molecule has 7 heteroatoms. The van der Waals surface area contributed by atoms with Crippen LogP contribution in [-0.2, 0) is 4.79 Å². The maximum absolute atomic E-state index is 13.9. The van der Waals surface area contributed by atoms with Gasteiger partial charge in [-0.2, -0.15) is 0 Å². The molecule has 2 aromatic carbocycles. The van der Waals surface area contributed by atoms with Crippen LogP contribution in [0.15, 0.2) is 52.9 Å². The average molecular weight is 412 g/mol. The van der Waals surface area contributed by atoms with Gasteiger partial charge in [-0.25, -0.2) is 4.39 Å². The van der Waals surface area contributed by atoms with Gasteiger partial charge in [0.15, 0.2) is 11.3 Å². The van der Waals surface area contributed by atoms with E-state index in [2.05, 4.69) is 10.6 Å². The number of nitrogens with one attached hydrogen (secondary N) is 2. The molecule has 2 N–H and O–H groups in total. The zero-order chi connectivity index (χ0) is 21.8. The summed E-state index contributed by atoms with van der Waals surface area (Å²) in [6.07, 6.45) is 0. The summed E-state index contributed by atoms with van der Waals surface area (Å²) in [6, 6.07) is 11.8. The second kappa shape index (κ2) is 8.98. The summed E-state index contributed by atoms with van der Waals surface area (Å²) >= 11 is 0. The lowest BCUT2D eigenvalue weighted by molar-refractivity contribution is -0.124. The number of hydrogen-bond acceptors (Lipinski definition) is 4. The minimum Gasteiger partial charge on any atom is -0.493 e. The molecule has 0 aliphatic carbocycles. The van der Waals surface area contributed by atoms with Crippen molar-refractivity contribution in [3.8, 4) is 5.75 Å². The minimum absolute atomic E-state index is 0.103. The summed E-state index contributed by atoms with van der Waals surface area (Å²) in [5, 5.41) is 6.36. The molecule has 2 atom stereocenters. The smallest absolute Gasteiger partial charge is 0.254 e. The van der Waals surface area contributed by atoms with Gasteiger partial charge in [0.05, 0.1) is 18.7 Å². The van der Waals surface area contributed by atoms with Crippen LogP contribution in [0.4, 0.5) is 4.39 Å². The van der Waals surface area contributed by atoms with Crippen LogP contribution >= 0.6 is 0 Å². The van der Waals surface area contributed by atoms with E-state index in [-0.39, 0.29) is 17.4 Å². The lowest BCUT2D eigenvalue weighted by Crippen LogP contribution is -2.50. The van der Waals surface area contributed by atoms with Crippen molar-refractivity contribution in [1.82, 2.24) is 10.6 Å². The van der Waals surface area contributed by atoms with Gasteiger partial charge in [0.25, 0.3) is 5.91 Å². The van der Waals surface area contributed by atoms with Crippen molar-refractivity contribution in [2.75, 3.05) is 7.11 Å². The van der Waals surface area contributed by atoms with E-state index in [1.54, 1.807) is 26.2 Å². The molecule has 0 aliphatic heterocycles. The molecule has 0 fully saturated rings. The Morgan fingerprint density at radius 2 is 1.77 bits per heavy atom. The van der Waals surface area contributed by atoms with E-state index in [0.29, 0.717) is 17.1 Å². The first-order chi connectivity index (χ1) is 14.3. The Bertz CT molecular complexity index is 1060. The standard InChI is InChI=1S/C23H25FN2O4/c1-13(2)20(26-22(27)16-9-5-6-10-17(16)24)23(28)25-14(3)19-12-15-8-7-11-18(29-4)21(15)30-19/h5-14,20H,1-4H3,(H,25,28)(H,26,27). The Morgan fingerprint density at radius 1 is 1.03 bits per heavy atom. The fourth-order valence-corrected chi connectivity index (χ4v) is 3.20. The fraction of sp³-hybridized carbons (Fsp3) is 0.304. The van der Waals surface area contributed by atoms with Crippen LogP contribution in [0.1, 0.15) is 42.9 Å². The summed E-state index contributed by atoms with van der Waals surface area (Å²) in [5.41, 5.74) is 0.498. The number of fused-ring (bicyclic) bond motifs is 1. The lowest BCUT2D eigenvalue weighted by atomic mass is 10.0. The van der Waals surface area contributed by atoms with Crippen LogP contribution in [0, 0.1) is 11.7 Å². The van der Waals surface area contributed by atoms with Crippen molar-refractivity contribution in [2.24, 2.45) is 5.92 Å². The predicted molar refractivity (Wildman–Crippen MR) is 112 cm³/mol. The summed E-state index contributed by atoms with van der Waals surface area (Å²) in [7, 11) is 1.56. The number of carbonyl (C=O) groups excluding carboxylic acids is 2. The van der Waals surface area contributed by atoms with Gasteiger partial charge >= 0.3 is 0 Å². The summed E-state index contributed by atoms with van der Waals surface area (Å²) in [5.74, 6) is -0.691. The zero-order valence-electron chi connectivity index (χ0n) is 17.4. The molecular weight excluding hydrogens is 387 g/mol. The number of carbonyl (C=O) groups is 2. The van der Waals surface area contributed by atoms with Crippen molar-refractivity contribution < 1.29 is 23.1 Å². The molecule has 3 rings (SSSR count). The second-order valence-corrected chi connectivity index (χ2v) is 7.43. The number of ether oxygens (including phenoxy) is 1. The third-order valence-electron chi connectivity index (χ3n) is 4.89. The van der Waals surface area contributed by atoms with Crippen LogP contribution < -0.4 is 15.4 Å². The highest BCUT2D eigenvalue weighted by molar-refractivity contribution is 5.97. The van der Waals surface area contributed by atoms with Gasteiger partial charge in [0, 0.05) is 5.39 Å². The maximum Gasteiger partial charge on any atom is 0.254 e. The molecule has 2 unspecified atom stereocenters. The second-order valence-electron chi connectivity index (χ2n) is 7.43. The Balaban J connectivity index is 1.75. The fourth-order valence-electron chi connectivity index (χ4n) is 3.20. The van der Waals surface area contributed by atoms with Gasteiger partial charge in [0.1, 0.15) is 17.6 Å². The molecule has 2 amide bonds. The summed E-state index contributed by atoms with van der Waals surface area (Å²) in [6.45, 7) is 5.41. The van der Waals surface area contributed by atoms with Gasteiger partial charge in [-0.3, -0.25) is 9.59 Å². The molecule has 0 aliphatic rings. The Kier molecular flexibility index (Phi) is 6.40. The number of furan rings is 1. The van der Waals surface area contributed by atoms with Crippen LogP contribution in [0.3, 0.4) is 0 Å². The van der Waals surface area contributed by atoms with E-state index in [1.807, 2.05) is 32.0 Å². The quantitative estimate of drug-likeness (QED) is 0.609. The van der Waals surface area contributed by atoms with Gasteiger partial charge in [0.2, 0.25) is 5.91 Å². The first-order valence-electron chi connectivity index (χ1n) is 9.74. The molecule has 158 valence electrons. The van der Waals surface area contributed by atoms with Crippen molar-refractivity contribution >= 4 is 22.8 Å². The van der Waals surface area contributed by atoms with Gasteiger partial charge in [-0.05, 0) is 37.1 Å². The molecule has 0 spiro atoms. The van der Waals surface area contributed by atoms with E-state index in [9.17, 15) is 14.0 Å². The molecule has 0 bridgehead atoms. The molecule has 1 aromatic heterocycles. The topological polar surface area (TPSA) is 80.6 Å². The molecule has 0 saturated heterocycles. The predicted octanol–water partition coefficient (Wildman–Crippen LogP) is 4.21. The highest BCUT2D eigenvalue weighted by Crippen LogP contribution is 2.30. The first kappa shape index (κ1) is 21.4. The number of rotatable bonds is 7. The number of hydrogen-bond donors (Lipinski definition) is 2. The monoisotopic (exact) mass is 412 g/mol. The van der Waals surface area contributed by atoms with E-state index >= 15 is 0 Å². The van der Waals surface area contributed by atoms with Crippen molar-refractivity contribution in [1.29, 1.82) is 0 Å². The van der Waals surface area contributed by atoms with Crippen LogP contribution in [-0.4, -0.2) is 25.0 Å². The molecule has 6 nitrogen and oxygen atoms in total. The maximum atomic E-state index is 13.9. The number of benzene rings is 2. The summed E-state index contributed by atoms with van der Waals surface area (Å²) < 4.78 is 25.1. The largest absolute Gasteiger partial charge is 0.493 e. The molecule has 0 radical (unpaired) electrons. The Labute approximate surface area is 174 Å². The molecule has 1 heterocycles. The highest BCUT2D eigenvalue weighted by atomic mass is 19.1. The number of halogens is 1. The van der Waals surface area contributed by atoms with Gasteiger partial charge in [-0.15, -0.1) is 0 Å². The van der Waals surface area contributed by atoms with E-state index in [1.165, 1.54) is 18.2 Å². The zero-order valence-corrected chi connectivity index (χ0v) is 17.4.